The third kappa shape index (κ3) is 6.40. The minimum absolute atomic E-state index is 0.116. The van der Waals surface area contributed by atoms with Crippen LogP contribution in [0.15, 0.2) is 71.4 Å². The molecule has 1 saturated heterocycles. The fourth-order valence-corrected chi connectivity index (χ4v) is 5.81. The van der Waals surface area contributed by atoms with Gasteiger partial charge in [-0.15, -0.1) is 0 Å². The second-order valence-electron chi connectivity index (χ2n) is 11.3. The van der Waals surface area contributed by atoms with Crippen LogP contribution >= 0.6 is 0 Å². The maximum absolute atomic E-state index is 13.4. The van der Waals surface area contributed by atoms with E-state index in [1.54, 1.807) is 45.1 Å². The van der Waals surface area contributed by atoms with Crippen LogP contribution in [0.5, 0.6) is 0 Å². The molecule has 0 spiro atoms. The van der Waals surface area contributed by atoms with Crippen molar-refractivity contribution in [1.82, 2.24) is 0 Å². The van der Waals surface area contributed by atoms with Gasteiger partial charge in [0.2, 0.25) is 0 Å². The smallest absolute Gasteiger partial charge is 0.328 e. The number of carboxylic acid groups (broad SMARTS) is 1. The lowest BCUT2D eigenvalue weighted by Gasteiger charge is -2.56. The van der Waals surface area contributed by atoms with E-state index in [-0.39, 0.29) is 18.1 Å². The highest BCUT2D eigenvalue weighted by molar-refractivity contribution is 5.89. The minimum atomic E-state index is -1.19. The SMILES string of the molecule is CC(/C=C/C=C(\C)C(O)C(C)C(=O)O[C@H]1CC(C)C=C2C=C[C@@]3(C)OC(O)CC(=O)[C@]3(C)C21)=C\C=C\C(=O)O. The minimum Gasteiger partial charge on any atom is -0.478 e. The Morgan fingerprint density at radius 1 is 1.18 bits per heavy atom. The summed E-state index contributed by atoms with van der Waals surface area (Å²) in [6, 6.07) is 0. The van der Waals surface area contributed by atoms with E-state index in [4.69, 9.17) is 14.6 Å². The summed E-state index contributed by atoms with van der Waals surface area (Å²) in [5, 5.41) is 29.7. The lowest BCUT2D eigenvalue weighted by Crippen LogP contribution is -2.64. The average Bonchev–Trinajstić information content (AvgIpc) is 2.84. The topological polar surface area (TPSA) is 130 Å². The quantitative estimate of drug-likeness (QED) is 0.237. The molecule has 0 amide bonds. The summed E-state index contributed by atoms with van der Waals surface area (Å²) >= 11 is 0. The van der Waals surface area contributed by atoms with Gasteiger partial charge in [0, 0.05) is 12.0 Å². The number of fused-ring (bicyclic) bond motifs is 3. The summed E-state index contributed by atoms with van der Waals surface area (Å²) in [7, 11) is 0. The van der Waals surface area contributed by atoms with Crippen molar-refractivity contribution in [2.45, 2.75) is 78.5 Å². The summed E-state index contributed by atoms with van der Waals surface area (Å²) in [4.78, 5) is 37.2. The van der Waals surface area contributed by atoms with Crippen LogP contribution < -0.4 is 0 Å². The molecular weight excluding hydrogens is 500 g/mol. The van der Waals surface area contributed by atoms with E-state index in [1.165, 1.54) is 6.08 Å². The van der Waals surface area contributed by atoms with Crippen LogP contribution in [0, 0.1) is 23.2 Å². The molecule has 1 heterocycles. The summed E-state index contributed by atoms with van der Waals surface area (Å²) in [6.45, 7) is 10.8. The van der Waals surface area contributed by atoms with E-state index in [2.05, 4.69) is 6.08 Å². The van der Waals surface area contributed by atoms with Crippen LogP contribution in [0.2, 0.25) is 0 Å². The van der Waals surface area contributed by atoms with Crippen LogP contribution in [0.3, 0.4) is 0 Å². The Hall–Kier alpha value is -3.07. The molecule has 0 bridgehead atoms. The standard InChI is InChI=1S/C31H40O8/c1-18(10-8-12-25(33)34)9-7-11-20(3)28(36)21(4)29(37)38-23-16-19(2)15-22-13-14-30(5)31(6,27(22)23)24(32)17-26(35)39-30/h7-15,19,21,23,26-28,35-36H,16-17H2,1-6H3,(H,33,34)/b9-7+,12-8+,18-10+,20-11+/t19?,21?,23-,26?,27?,28?,30+,31+/m0/s1. The van der Waals surface area contributed by atoms with Crippen molar-refractivity contribution in [3.63, 3.8) is 0 Å². The highest BCUT2D eigenvalue weighted by Crippen LogP contribution is 2.56. The first-order valence-electron chi connectivity index (χ1n) is 13.3. The van der Waals surface area contributed by atoms with Gasteiger partial charge in [0.1, 0.15) is 11.9 Å². The Kier molecular flexibility index (Phi) is 9.36. The zero-order valence-electron chi connectivity index (χ0n) is 23.5. The number of aliphatic hydroxyl groups is 2. The lowest BCUT2D eigenvalue weighted by atomic mass is 9.53. The number of rotatable bonds is 8. The Labute approximate surface area is 230 Å². The van der Waals surface area contributed by atoms with Gasteiger partial charge in [-0.05, 0) is 58.1 Å². The van der Waals surface area contributed by atoms with Gasteiger partial charge in [0.15, 0.2) is 6.29 Å². The Morgan fingerprint density at radius 3 is 2.51 bits per heavy atom. The van der Waals surface area contributed by atoms with Crippen molar-refractivity contribution in [2.75, 3.05) is 0 Å². The van der Waals surface area contributed by atoms with Crippen molar-refractivity contribution < 1.29 is 39.2 Å². The second-order valence-corrected chi connectivity index (χ2v) is 11.3. The van der Waals surface area contributed by atoms with Gasteiger partial charge < -0.3 is 24.8 Å². The van der Waals surface area contributed by atoms with Gasteiger partial charge in [0.25, 0.3) is 0 Å². The van der Waals surface area contributed by atoms with Crippen molar-refractivity contribution in [1.29, 1.82) is 0 Å². The molecule has 0 aromatic rings. The number of carbonyl (C=O) groups excluding carboxylic acids is 2. The van der Waals surface area contributed by atoms with E-state index in [9.17, 15) is 24.6 Å². The first-order chi connectivity index (χ1) is 18.2. The number of hydrogen-bond acceptors (Lipinski definition) is 7. The fraction of sp³-hybridized carbons (Fsp3) is 0.516. The van der Waals surface area contributed by atoms with Crippen LogP contribution in [0.25, 0.3) is 0 Å². The Balaban J connectivity index is 1.77. The first-order valence-corrected chi connectivity index (χ1v) is 13.3. The van der Waals surface area contributed by atoms with Gasteiger partial charge in [-0.3, -0.25) is 9.59 Å². The number of aliphatic carboxylic acids is 1. The lowest BCUT2D eigenvalue weighted by molar-refractivity contribution is -0.242. The van der Waals surface area contributed by atoms with Crippen molar-refractivity contribution in [3.05, 3.63) is 71.4 Å². The predicted molar refractivity (Wildman–Crippen MR) is 146 cm³/mol. The number of hydrogen-bond donors (Lipinski definition) is 3. The molecule has 5 unspecified atom stereocenters. The number of allylic oxidation sites excluding steroid dienone is 8. The van der Waals surface area contributed by atoms with Crippen molar-refractivity contribution in [2.24, 2.45) is 23.2 Å². The molecule has 2 aliphatic carbocycles. The normalized spacial score (nSPS) is 34.9. The summed E-state index contributed by atoms with van der Waals surface area (Å²) in [6.07, 6.45) is 12.6. The number of ether oxygens (including phenoxy) is 2. The molecule has 1 aliphatic heterocycles. The molecule has 3 N–H and O–H groups in total. The Morgan fingerprint density at radius 2 is 1.85 bits per heavy atom. The maximum atomic E-state index is 13.4. The number of Topliss-reactive ketones (excluding diaryl/α,β-unsaturated/α-hetero) is 1. The molecular formula is C31H40O8. The first kappa shape index (κ1) is 30.5. The molecule has 0 aromatic heterocycles. The van der Waals surface area contributed by atoms with Gasteiger partial charge in [-0.1, -0.05) is 61.1 Å². The number of ketones is 1. The number of carbonyl (C=O) groups is 3. The number of aliphatic hydroxyl groups excluding tert-OH is 2. The van der Waals surface area contributed by atoms with Gasteiger partial charge in [-0.2, -0.15) is 0 Å². The molecule has 0 aromatic carbocycles. The van der Waals surface area contributed by atoms with Crippen LogP contribution in [0.1, 0.15) is 54.4 Å². The summed E-state index contributed by atoms with van der Waals surface area (Å²) < 4.78 is 11.9. The third-order valence-corrected chi connectivity index (χ3v) is 8.27. The van der Waals surface area contributed by atoms with Crippen molar-refractivity contribution in [3.8, 4) is 0 Å². The predicted octanol–water partition coefficient (Wildman–Crippen LogP) is 4.21. The average molecular weight is 541 g/mol. The Bertz CT molecular complexity index is 1170. The van der Waals surface area contributed by atoms with Crippen LogP contribution in [-0.4, -0.2) is 57.1 Å². The number of carboxylic acids is 1. The van der Waals surface area contributed by atoms with Gasteiger partial charge in [-0.25, -0.2) is 4.79 Å². The van der Waals surface area contributed by atoms with E-state index in [0.717, 1.165) is 17.2 Å². The van der Waals surface area contributed by atoms with E-state index in [1.807, 2.05) is 32.9 Å². The van der Waals surface area contributed by atoms with E-state index >= 15 is 0 Å². The monoisotopic (exact) mass is 540 g/mol. The molecule has 0 saturated carbocycles. The van der Waals surface area contributed by atoms with E-state index in [0.29, 0.717) is 12.0 Å². The zero-order chi connectivity index (χ0) is 29.1. The van der Waals surface area contributed by atoms with Crippen LogP contribution in [0.4, 0.5) is 0 Å². The molecule has 8 atom stereocenters. The molecule has 39 heavy (non-hydrogen) atoms. The zero-order valence-corrected chi connectivity index (χ0v) is 23.5. The van der Waals surface area contributed by atoms with Crippen LogP contribution in [-0.2, 0) is 23.9 Å². The fourth-order valence-electron chi connectivity index (χ4n) is 5.81. The molecule has 8 nitrogen and oxygen atoms in total. The molecule has 8 heteroatoms. The molecule has 1 fully saturated rings. The number of esters is 1. The largest absolute Gasteiger partial charge is 0.478 e. The maximum Gasteiger partial charge on any atom is 0.328 e. The molecule has 3 aliphatic rings. The second kappa shape index (κ2) is 12.0. The highest BCUT2D eigenvalue weighted by Gasteiger charge is 2.63. The molecule has 3 rings (SSSR count). The van der Waals surface area contributed by atoms with Crippen molar-refractivity contribution >= 4 is 17.7 Å². The van der Waals surface area contributed by atoms with Gasteiger partial charge in [0.05, 0.1) is 29.5 Å². The van der Waals surface area contributed by atoms with Gasteiger partial charge >= 0.3 is 11.9 Å². The highest BCUT2D eigenvalue weighted by atomic mass is 16.6. The summed E-state index contributed by atoms with van der Waals surface area (Å²) in [5.74, 6) is -2.91. The molecule has 0 radical (unpaired) electrons. The molecule has 212 valence electrons. The summed E-state index contributed by atoms with van der Waals surface area (Å²) in [5.41, 5.74) is 0.195. The third-order valence-electron chi connectivity index (χ3n) is 8.27. The van der Waals surface area contributed by atoms with E-state index < -0.39 is 53.3 Å².